The van der Waals surface area contributed by atoms with Gasteiger partial charge in [-0.3, -0.25) is 4.79 Å². The number of amides is 1. The molecule has 0 saturated heterocycles. The van der Waals surface area contributed by atoms with E-state index in [1.54, 1.807) is 43.1 Å². The number of rotatable bonds is 6. The maximum absolute atomic E-state index is 12.2. The van der Waals surface area contributed by atoms with Gasteiger partial charge >= 0.3 is 0 Å². The van der Waals surface area contributed by atoms with Crippen molar-refractivity contribution in [1.82, 2.24) is 25.3 Å². The fraction of sp³-hybridized carbons (Fsp3) is 0.125. The van der Waals surface area contributed by atoms with Crippen LogP contribution < -0.4 is 10.6 Å². The van der Waals surface area contributed by atoms with Gasteiger partial charge in [0.15, 0.2) is 0 Å². The van der Waals surface area contributed by atoms with Crippen LogP contribution in [0.25, 0.3) is 0 Å². The zero-order chi connectivity index (χ0) is 15.9. The minimum atomic E-state index is -0.123. The number of benzene rings is 1. The molecule has 0 unspecified atom stereocenters. The molecule has 1 amide bonds. The fourth-order valence-electron chi connectivity index (χ4n) is 2.07. The van der Waals surface area contributed by atoms with Crippen LogP contribution in [0.5, 0.6) is 0 Å². The van der Waals surface area contributed by atoms with E-state index in [-0.39, 0.29) is 5.91 Å². The molecule has 0 saturated carbocycles. The van der Waals surface area contributed by atoms with Gasteiger partial charge in [0.2, 0.25) is 5.95 Å². The molecular weight excluding hydrogens is 292 g/mol. The summed E-state index contributed by atoms with van der Waals surface area (Å²) in [4.78, 5) is 27.3. The normalized spacial score (nSPS) is 10.3. The molecule has 7 nitrogen and oxygen atoms in total. The van der Waals surface area contributed by atoms with E-state index < -0.39 is 0 Å². The lowest BCUT2D eigenvalue weighted by Crippen LogP contribution is -2.25. The van der Waals surface area contributed by atoms with Gasteiger partial charge in [-0.25, -0.2) is 15.0 Å². The minimum Gasteiger partial charge on any atom is -0.352 e. The number of carbonyl (C=O) groups is 1. The highest BCUT2D eigenvalue weighted by Gasteiger charge is 2.06. The lowest BCUT2D eigenvalue weighted by molar-refractivity contribution is 0.0954. The molecule has 0 atom stereocenters. The molecule has 2 aromatic heterocycles. The summed E-state index contributed by atoms with van der Waals surface area (Å²) in [5, 5.41) is 5.94. The number of anilines is 2. The molecule has 2 heterocycles. The molecule has 23 heavy (non-hydrogen) atoms. The summed E-state index contributed by atoms with van der Waals surface area (Å²) in [7, 11) is 0. The first-order valence-corrected chi connectivity index (χ1v) is 7.21. The Labute approximate surface area is 133 Å². The van der Waals surface area contributed by atoms with Gasteiger partial charge in [0.1, 0.15) is 0 Å². The lowest BCUT2D eigenvalue weighted by atomic mass is 10.2. The smallest absolute Gasteiger partial charge is 0.251 e. The van der Waals surface area contributed by atoms with Crippen molar-refractivity contribution >= 4 is 17.5 Å². The first kappa shape index (κ1) is 14.7. The standard InChI is InChI=1S/C16H16N6O/c23-15(18-8-5-14-10-17-11-21-14)12-3-1-4-13(9-12)22-16-19-6-2-7-20-16/h1-4,6-7,9-11H,5,8H2,(H,17,21)(H,18,23)(H,19,20,22). The van der Waals surface area contributed by atoms with E-state index in [1.807, 2.05) is 12.1 Å². The van der Waals surface area contributed by atoms with Crippen molar-refractivity contribution in [3.63, 3.8) is 0 Å². The van der Waals surface area contributed by atoms with Gasteiger partial charge < -0.3 is 15.6 Å². The average Bonchev–Trinajstić information content (AvgIpc) is 3.09. The number of hydrogen-bond donors (Lipinski definition) is 3. The van der Waals surface area contributed by atoms with Crippen LogP contribution in [0.2, 0.25) is 0 Å². The predicted octanol–water partition coefficient (Wildman–Crippen LogP) is 1.92. The second-order valence-corrected chi connectivity index (χ2v) is 4.86. The zero-order valence-electron chi connectivity index (χ0n) is 12.4. The summed E-state index contributed by atoms with van der Waals surface area (Å²) < 4.78 is 0. The molecule has 0 spiro atoms. The Morgan fingerprint density at radius 3 is 2.83 bits per heavy atom. The Morgan fingerprint density at radius 1 is 1.17 bits per heavy atom. The second-order valence-electron chi connectivity index (χ2n) is 4.86. The van der Waals surface area contributed by atoms with E-state index in [2.05, 4.69) is 30.6 Å². The number of hydrogen-bond acceptors (Lipinski definition) is 5. The summed E-state index contributed by atoms with van der Waals surface area (Å²) in [5.41, 5.74) is 2.33. The van der Waals surface area contributed by atoms with E-state index >= 15 is 0 Å². The van der Waals surface area contributed by atoms with E-state index in [1.165, 1.54) is 0 Å². The summed E-state index contributed by atoms with van der Waals surface area (Å²) in [5.74, 6) is 0.367. The van der Waals surface area contributed by atoms with E-state index in [0.29, 0.717) is 24.5 Å². The van der Waals surface area contributed by atoms with E-state index in [4.69, 9.17) is 0 Å². The lowest BCUT2D eigenvalue weighted by Gasteiger charge is -2.07. The third-order valence-electron chi connectivity index (χ3n) is 3.18. The third-order valence-corrected chi connectivity index (χ3v) is 3.18. The van der Waals surface area contributed by atoms with Gasteiger partial charge in [0.05, 0.1) is 6.33 Å². The number of nitrogens with one attached hydrogen (secondary N) is 3. The van der Waals surface area contributed by atoms with Crippen molar-refractivity contribution in [1.29, 1.82) is 0 Å². The number of aromatic nitrogens is 4. The van der Waals surface area contributed by atoms with Crippen LogP contribution in [-0.4, -0.2) is 32.4 Å². The number of imidazole rings is 1. The fourth-order valence-corrected chi connectivity index (χ4v) is 2.07. The molecule has 0 aliphatic carbocycles. The third kappa shape index (κ3) is 4.13. The molecule has 0 aliphatic heterocycles. The van der Waals surface area contributed by atoms with Gasteiger partial charge in [0.25, 0.3) is 5.91 Å². The first-order valence-electron chi connectivity index (χ1n) is 7.21. The van der Waals surface area contributed by atoms with Crippen molar-refractivity contribution in [2.45, 2.75) is 6.42 Å². The van der Waals surface area contributed by atoms with Gasteiger partial charge in [-0.1, -0.05) is 6.07 Å². The Bertz CT molecular complexity index is 757. The molecule has 0 fully saturated rings. The Kier molecular flexibility index (Phi) is 4.58. The van der Waals surface area contributed by atoms with Crippen LogP contribution in [0.4, 0.5) is 11.6 Å². The average molecular weight is 308 g/mol. The van der Waals surface area contributed by atoms with E-state index in [9.17, 15) is 4.79 Å². The van der Waals surface area contributed by atoms with Crippen LogP contribution in [-0.2, 0) is 6.42 Å². The molecule has 0 bridgehead atoms. The largest absolute Gasteiger partial charge is 0.352 e. The Balaban J connectivity index is 1.59. The van der Waals surface area contributed by atoms with E-state index in [0.717, 1.165) is 11.4 Å². The van der Waals surface area contributed by atoms with Crippen LogP contribution in [0.15, 0.2) is 55.2 Å². The number of H-pyrrole nitrogens is 1. The van der Waals surface area contributed by atoms with Crippen molar-refractivity contribution in [2.75, 3.05) is 11.9 Å². The monoisotopic (exact) mass is 308 g/mol. The molecule has 3 aromatic rings. The first-order chi connectivity index (χ1) is 11.3. The van der Waals surface area contributed by atoms with Gasteiger partial charge in [0, 0.05) is 48.5 Å². The highest BCUT2D eigenvalue weighted by Crippen LogP contribution is 2.14. The minimum absolute atomic E-state index is 0.123. The molecule has 0 radical (unpaired) electrons. The molecule has 0 aliphatic rings. The van der Waals surface area contributed by atoms with Crippen molar-refractivity contribution in [2.24, 2.45) is 0 Å². The highest BCUT2D eigenvalue weighted by atomic mass is 16.1. The topological polar surface area (TPSA) is 95.6 Å². The molecule has 116 valence electrons. The second kappa shape index (κ2) is 7.17. The molecular formula is C16H16N6O. The predicted molar refractivity (Wildman–Crippen MR) is 86.4 cm³/mol. The zero-order valence-corrected chi connectivity index (χ0v) is 12.4. The van der Waals surface area contributed by atoms with Crippen molar-refractivity contribution in [3.8, 4) is 0 Å². The summed E-state index contributed by atoms with van der Waals surface area (Å²) in [6.07, 6.45) is 7.39. The Hall–Kier alpha value is -3.22. The molecule has 3 N–H and O–H groups in total. The van der Waals surface area contributed by atoms with Crippen LogP contribution in [0, 0.1) is 0 Å². The Morgan fingerprint density at radius 2 is 2.04 bits per heavy atom. The maximum Gasteiger partial charge on any atom is 0.251 e. The van der Waals surface area contributed by atoms with Crippen LogP contribution in [0.3, 0.4) is 0 Å². The van der Waals surface area contributed by atoms with Crippen molar-refractivity contribution in [3.05, 3.63) is 66.5 Å². The molecule has 7 heteroatoms. The van der Waals surface area contributed by atoms with Gasteiger partial charge in [-0.2, -0.15) is 0 Å². The summed E-state index contributed by atoms with van der Waals surface area (Å²) in [6.45, 7) is 0.542. The molecule has 3 rings (SSSR count). The quantitative estimate of drug-likeness (QED) is 0.646. The molecule has 1 aromatic carbocycles. The van der Waals surface area contributed by atoms with Crippen LogP contribution in [0.1, 0.15) is 16.1 Å². The summed E-state index contributed by atoms with van der Waals surface area (Å²) in [6, 6.07) is 8.95. The highest BCUT2D eigenvalue weighted by molar-refractivity contribution is 5.95. The number of nitrogens with zero attached hydrogens (tertiary/aromatic N) is 3. The number of aromatic amines is 1. The summed E-state index contributed by atoms with van der Waals surface area (Å²) >= 11 is 0. The SMILES string of the molecule is O=C(NCCc1cnc[nH]1)c1cccc(Nc2ncccn2)c1. The van der Waals surface area contributed by atoms with Gasteiger partial charge in [-0.05, 0) is 24.3 Å². The van der Waals surface area contributed by atoms with Gasteiger partial charge in [-0.15, -0.1) is 0 Å². The maximum atomic E-state index is 12.2. The van der Waals surface area contributed by atoms with Crippen molar-refractivity contribution < 1.29 is 4.79 Å². The van der Waals surface area contributed by atoms with Crippen LogP contribution >= 0.6 is 0 Å². The number of carbonyl (C=O) groups excluding carboxylic acids is 1.